The van der Waals surface area contributed by atoms with E-state index in [1.807, 2.05) is 0 Å². The van der Waals surface area contributed by atoms with E-state index in [-0.39, 0.29) is 0 Å². The molecule has 1 aliphatic rings. The molecule has 0 saturated carbocycles. The zero-order valence-electron chi connectivity index (χ0n) is 8.75. The highest BCUT2D eigenvalue weighted by molar-refractivity contribution is 6.46. The average Bonchev–Trinajstić information content (AvgIpc) is 2.21. The van der Waals surface area contributed by atoms with E-state index in [1.165, 1.54) is 0 Å². The summed E-state index contributed by atoms with van der Waals surface area (Å²) >= 11 is 0. The Balaban J connectivity index is 2.38. The monoisotopic (exact) mass is 204 g/mol. The van der Waals surface area contributed by atoms with Crippen molar-refractivity contribution in [2.45, 2.75) is 12.6 Å². The minimum absolute atomic E-state index is 0.470. The van der Waals surface area contributed by atoms with Gasteiger partial charge in [0.15, 0.2) is 0 Å². The van der Waals surface area contributed by atoms with Crippen LogP contribution in [0.3, 0.4) is 0 Å². The van der Waals surface area contributed by atoms with Crippen molar-refractivity contribution in [3.05, 3.63) is 0 Å². The molecule has 78 valence electrons. The van der Waals surface area contributed by atoms with Gasteiger partial charge in [-0.3, -0.25) is 4.90 Å². The Labute approximate surface area is 82.0 Å². The van der Waals surface area contributed by atoms with Crippen LogP contribution in [0.4, 0.5) is 0 Å². The fourth-order valence-corrected chi connectivity index (χ4v) is 3.37. The summed E-state index contributed by atoms with van der Waals surface area (Å²) in [6.07, 6.45) is 0. The molecule has 5 heteroatoms. The van der Waals surface area contributed by atoms with Gasteiger partial charge in [-0.15, -0.1) is 0 Å². The average molecular weight is 204 g/mol. The fraction of sp³-hybridized carbons (Fsp3) is 1.00. The van der Waals surface area contributed by atoms with Crippen LogP contribution < -0.4 is 5.32 Å². The van der Waals surface area contributed by atoms with Gasteiger partial charge in [0.25, 0.3) is 0 Å². The number of rotatable bonds is 4. The molecule has 0 bridgehead atoms. The number of nitrogens with one attached hydrogen (secondary N) is 1. The summed E-state index contributed by atoms with van der Waals surface area (Å²) in [5.74, 6) is 0. The summed E-state index contributed by atoms with van der Waals surface area (Å²) < 4.78 is 10.7. The zero-order chi connectivity index (χ0) is 9.68. The molecule has 1 rings (SSSR count). The lowest BCUT2D eigenvalue weighted by atomic mass is 10.4. The molecule has 1 fully saturated rings. The molecule has 0 amide bonds. The van der Waals surface area contributed by atoms with Crippen LogP contribution in [0.25, 0.3) is 0 Å². The SMILES string of the molecule is CO[SiH](OC)C(C)N1CCNCC1. The summed E-state index contributed by atoms with van der Waals surface area (Å²) in [6.45, 7) is 6.59. The standard InChI is InChI=1S/C8H20N2O2Si/c1-8(13(11-2)12-3)10-6-4-9-5-7-10/h8-9,13H,4-7H2,1-3H3. The van der Waals surface area contributed by atoms with E-state index < -0.39 is 9.28 Å². The van der Waals surface area contributed by atoms with Crippen LogP contribution in [-0.4, -0.2) is 60.2 Å². The second-order valence-corrected chi connectivity index (χ2v) is 6.01. The van der Waals surface area contributed by atoms with E-state index >= 15 is 0 Å². The molecule has 1 unspecified atom stereocenters. The van der Waals surface area contributed by atoms with Crippen molar-refractivity contribution in [2.75, 3.05) is 40.4 Å². The largest absolute Gasteiger partial charge is 0.399 e. The number of nitrogens with zero attached hydrogens (tertiary/aromatic N) is 1. The second-order valence-electron chi connectivity index (χ2n) is 3.37. The first-order chi connectivity index (χ1) is 6.29. The molecule has 1 saturated heterocycles. The molecule has 1 aliphatic heterocycles. The Morgan fingerprint density at radius 1 is 1.23 bits per heavy atom. The molecule has 1 heterocycles. The molecule has 0 aliphatic carbocycles. The third-order valence-electron chi connectivity index (χ3n) is 2.59. The third kappa shape index (κ3) is 3.03. The Morgan fingerprint density at radius 3 is 2.23 bits per heavy atom. The van der Waals surface area contributed by atoms with Crippen LogP contribution >= 0.6 is 0 Å². The van der Waals surface area contributed by atoms with Gasteiger partial charge in [0, 0.05) is 46.1 Å². The minimum Gasteiger partial charge on any atom is -0.399 e. The molecule has 0 radical (unpaired) electrons. The van der Waals surface area contributed by atoms with Crippen molar-refractivity contribution >= 4 is 9.28 Å². The Bertz CT molecular complexity index is 138. The molecular weight excluding hydrogens is 184 g/mol. The van der Waals surface area contributed by atoms with E-state index in [4.69, 9.17) is 8.85 Å². The van der Waals surface area contributed by atoms with E-state index in [0.717, 1.165) is 26.2 Å². The minimum atomic E-state index is -1.46. The number of hydrogen-bond donors (Lipinski definition) is 1. The van der Waals surface area contributed by atoms with Gasteiger partial charge in [0.2, 0.25) is 0 Å². The maximum Gasteiger partial charge on any atom is 0.338 e. The predicted molar refractivity (Wildman–Crippen MR) is 55.1 cm³/mol. The van der Waals surface area contributed by atoms with Gasteiger partial charge >= 0.3 is 9.28 Å². The number of hydrogen-bond acceptors (Lipinski definition) is 4. The van der Waals surface area contributed by atoms with Crippen LogP contribution in [0.15, 0.2) is 0 Å². The smallest absolute Gasteiger partial charge is 0.338 e. The van der Waals surface area contributed by atoms with Crippen LogP contribution in [0.1, 0.15) is 6.92 Å². The lowest BCUT2D eigenvalue weighted by Gasteiger charge is -2.34. The quantitative estimate of drug-likeness (QED) is 0.616. The van der Waals surface area contributed by atoms with Crippen LogP contribution in [0.2, 0.25) is 0 Å². The highest BCUT2D eigenvalue weighted by atomic mass is 28.3. The maximum absolute atomic E-state index is 5.37. The summed E-state index contributed by atoms with van der Waals surface area (Å²) in [4.78, 5) is 2.44. The van der Waals surface area contributed by atoms with Gasteiger partial charge in [-0.05, 0) is 6.92 Å². The van der Waals surface area contributed by atoms with E-state index in [1.54, 1.807) is 14.2 Å². The van der Waals surface area contributed by atoms with Crippen LogP contribution in [0, 0.1) is 0 Å². The van der Waals surface area contributed by atoms with E-state index in [2.05, 4.69) is 17.1 Å². The van der Waals surface area contributed by atoms with Crippen molar-refractivity contribution in [3.63, 3.8) is 0 Å². The molecule has 0 aromatic rings. The van der Waals surface area contributed by atoms with Crippen molar-refractivity contribution in [3.8, 4) is 0 Å². The summed E-state index contributed by atoms with van der Waals surface area (Å²) in [7, 11) is 2.04. The predicted octanol–water partition coefficient (Wildman–Crippen LogP) is -0.667. The summed E-state index contributed by atoms with van der Waals surface area (Å²) in [5, 5.41) is 3.34. The first-order valence-corrected chi connectivity index (χ1v) is 6.41. The van der Waals surface area contributed by atoms with Gasteiger partial charge in [0.05, 0.1) is 0 Å². The van der Waals surface area contributed by atoms with Crippen molar-refractivity contribution < 1.29 is 8.85 Å². The van der Waals surface area contributed by atoms with Gasteiger partial charge < -0.3 is 14.2 Å². The first-order valence-electron chi connectivity index (χ1n) is 4.80. The van der Waals surface area contributed by atoms with Gasteiger partial charge in [-0.2, -0.15) is 0 Å². The molecule has 4 nitrogen and oxygen atoms in total. The molecule has 1 atom stereocenters. The number of piperazine rings is 1. The molecule has 1 N–H and O–H groups in total. The summed E-state index contributed by atoms with van der Waals surface area (Å²) in [5.41, 5.74) is 0.470. The zero-order valence-corrected chi connectivity index (χ0v) is 9.90. The van der Waals surface area contributed by atoms with Gasteiger partial charge in [0.1, 0.15) is 0 Å². The van der Waals surface area contributed by atoms with Crippen LogP contribution in [-0.2, 0) is 8.85 Å². The molecule has 0 spiro atoms. The topological polar surface area (TPSA) is 33.7 Å². The molecular formula is C8H20N2O2Si. The Hall–Kier alpha value is 0.0569. The van der Waals surface area contributed by atoms with Crippen LogP contribution in [0.5, 0.6) is 0 Å². The van der Waals surface area contributed by atoms with Gasteiger partial charge in [-0.1, -0.05) is 0 Å². The first kappa shape index (κ1) is 11.1. The Kier molecular flexibility index (Phi) is 4.90. The third-order valence-corrected chi connectivity index (χ3v) is 4.72. The van der Waals surface area contributed by atoms with E-state index in [9.17, 15) is 0 Å². The normalized spacial score (nSPS) is 22.2. The van der Waals surface area contributed by atoms with Gasteiger partial charge in [-0.25, -0.2) is 0 Å². The van der Waals surface area contributed by atoms with Crippen molar-refractivity contribution in [2.24, 2.45) is 0 Å². The molecule has 13 heavy (non-hydrogen) atoms. The van der Waals surface area contributed by atoms with Crippen molar-refractivity contribution in [1.82, 2.24) is 10.2 Å². The summed E-state index contributed by atoms with van der Waals surface area (Å²) in [6, 6.07) is 0. The maximum atomic E-state index is 5.37. The lowest BCUT2D eigenvalue weighted by Crippen LogP contribution is -2.53. The molecule has 0 aromatic carbocycles. The highest BCUT2D eigenvalue weighted by Gasteiger charge is 2.26. The van der Waals surface area contributed by atoms with Crippen molar-refractivity contribution in [1.29, 1.82) is 0 Å². The molecule has 0 aromatic heterocycles. The second kappa shape index (κ2) is 5.72. The Morgan fingerprint density at radius 2 is 1.77 bits per heavy atom. The lowest BCUT2D eigenvalue weighted by molar-refractivity contribution is 0.174. The highest BCUT2D eigenvalue weighted by Crippen LogP contribution is 2.05. The fourth-order valence-electron chi connectivity index (χ4n) is 1.75. The van der Waals surface area contributed by atoms with E-state index in [0.29, 0.717) is 5.67 Å².